The van der Waals surface area contributed by atoms with Gasteiger partial charge in [0.2, 0.25) is 0 Å². The molecule has 0 aliphatic heterocycles. The lowest BCUT2D eigenvalue weighted by Crippen LogP contribution is -1.98. The Hall–Kier alpha value is -0.490. The summed E-state index contributed by atoms with van der Waals surface area (Å²) in [6.45, 7) is 2.08. The summed E-state index contributed by atoms with van der Waals surface area (Å²) in [7, 11) is 0. The Kier molecular flexibility index (Phi) is 9.42. The molecule has 0 bridgehead atoms. The Labute approximate surface area is 116 Å². The smallest absolute Gasteiger partial charge is 0.105 e. The van der Waals surface area contributed by atoms with E-state index in [0.717, 1.165) is 12.8 Å². The molecule has 0 spiro atoms. The van der Waals surface area contributed by atoms with Gasteiger partial charge >= 0.3 is 0 Å². The van der Waals surface area contributed by atoms with E-state index in [1.165, 1.54) is 17.5 Å². The van der Waals surface area contributed by atoms with Crippen LogP contribution in [0.3, 0.4) is 0 Å². The fraction of sp³-hybridized carbons (Fsp3) is 0.333. The molecule has 0 unspecified atom stereocenters. The minimum atomic E-state index is 0.660. The lowest BCUT2D eigenvalue weighted by atomic mass is 10.1. The zero-order chi connectivity index (χ0) is 12.4. The number of halogens is 1. The van der Waals surface area contributed by atoms with E-state index in [1.54, 1.807) is 0 Å². The lowest BCUT2D eigenvalue weighted by molar-refractivity contribution is 1.04. The van der Waals surface area contributed by atoms with Crippen LogP contribution in [0.5, 0.6) is 0 Å². The molecule has 0 heterocycles. The van der Waals surface area contributed by atoms with Gasteiger partial charge in [0.15, 0.2) is 0 Å². The SMILES string of the molecule is CI.Cc1ccc(CCC(=S)N=CN)cc1. The maximum atomic E-state index is 5.14. The zero-order valence-corrected chi connectivity index (χ0v) is 12.6. The van der Waals surface area contributed by atoms with Crippen molar-refractivity contribution in [1.29, 1.82) is 0 Å². The average molecular weight is 348 g/mol. The number of aryl methyl sites for hydroxylation is 2. The first-order chi connectivity index (χ1) is 7.72. The van der Waals surface area contributed by atoms with Gasteiger partial charge in [0.05, 0.1) is 6.34 Å². The van der Waals surface area contributed by atoms with Crippen molar-refractivity contribution in [2.45, 2.75) is 19.8 Å². The molecular formula is C12H17IN2S. The monoisotopic (exact) mass is 348 g/mol. The number of nitrogens with two attached hydrogens (primary N) is 1. The van der Waals surface area contributed by atoms with Crippen LogP contribution in [0.1, 0.15) is 17.5 Å². The maximum absolute atomic E-state index is 5.14. The third kappa shape index (κ3) is 6.90. The highest BCUT2D eigenvalue weighted by Gasteiger charge is 1.95. The van der Waals surface area contributed by atoms with Crippen LogP contribution in [-0.2, 0) is 6.42 Å². The van der Waals surface area contributed by atoms with Crippen molar-refractivity contribution in [1.82, 2.24) is 0 Å². The number of benzene rings is 1. The lowest BCUT2D eigenvalue weighted by Gasteiger charge is -2.00. The Morgan fingerprint density at radius 2 is 1.94 bits per heavy atom. The summed E-state index contributed by atoms with van der Waals surface area (Å²) in [4.78, 5) is 6.47. The average Bonchev–Trinajstić information content (AvgIpc) is 2.31. The van der Waals surface area contributed by atoms with Gasteiger partial charge in [-0.05, 0) is 23.8 Å². The van der Waals surface area contributed by atoms with Gasteiger partial charge in [-0.25, -0.2) is 4.99 Å². The third-order valence-corrected chi connectivity index (χ3v) is 2.28. The molecule has 4 heteroatoms. The molecule has 0 amide bonds. The molecule has 88 valence electrons. The van der Waals surface area contributed by atoms with Crippen LogP contribution in [0.2, 0.25) is 0 Å². The molecule has 1 aromatic carbocycles. The third-order valence-electron chi connectivity index (χ3n) is 1.97. The number of hydrogen-bond acceptors (Lipinski definition) is 1. The molecule has 2 N–H and O–H groups in total. The molecule has 0 saturated heterocycles. The van der Waals surface area contributed by atoms with Crippen molar-refractivity contribution >= 4 is 46.1 Å². The molecule has 0 aromatic heterocycles. The Morgan fingerprint density at radius 3 is 2.44 bits per heavy atom. The maximum Gasteiger partial charge on any atom is 0.105 e. The second-order valence-corrected chi connectivity index (χ2v) is 3.63. The fourth-order valence-electron chi connectivity index (χ4n) is 1.15. The van der Waals surface area contributed by atoms with Crippen LogP contribution in [-0.4, -0.2) is 16.3 Å². The van der Waals surface area contributed by atoms with Crippen molar-refractivity contribution < 1.29 is 0 Å². The first-order valence-electron chi connectivity index (χ1n) is 4.93. The number of thiocarbonyl (C=S) groups is 1. The highest BCUT2D eigenvalue weighted by molar-refractivity contribution is 14.1. The summed E-state index contributed by atoms with van der Waals surface area (Å²) in [5.41, 5.74) is 7.70. The highest BCUT2D eigenvalue weighted by Crippen LogP contribution is 2.06. The fourth-order valence-corrected chi connectivity index (χ4v) is 1.32. The summed E-state index contributed by atoms with van der Waals surface area (Å²) in [5, 5.41) is 0. The van der Waals surface area contributed by atoms with Gasteiger partial charge in [0.25, 0.3) is 0 Å². The van der Waals surface area contributed by atoms with Crippen LogP contribution < -0.4 is 5.73 Å². The largest absolute Gasteiger partial charge is 0.390 e. The number of alkyl halides is 1. The molecule has 1 rings (SSSR count). The van der Waals surface area contributed by atoms with Crippen molar-refractivity contribution in [3.05, 3.63) is 35.4 Å². The summed E-state index contributed by atoms with van der Waals surface area (Å²) in [5.74, 6) is 0. The van der Waals surface area contributed by atoms with E-state index in [9.17, 15) is 0 Å². The quantitative estimate of drug-likeness (QED) is 0.299. The second-order valence-electron chi connectivity index (χ2n) is 3.16. The zero-order valence-electron chi connectivity index (χ0n) is 9.61. The highest BCUT2D eigenvalue weighted by atomic mass is 127. The van der Waals surface area contributed by atoms with Crippen molar-refractivity contribution in [2.24, 2.45) is 10.7 Å². The normalized spacial score (nSPS) is 9.69. The number of rotatable bonds is 3. The molecule has 0 aliphatic rings. The van der Waals surface area contributed by atoms with E-state index in [0.29, 0.717) is 4.99 Å². The van der Waals surface area contributed by atoms with Gasteiger partial charge in [0.1, 0.15) is 4.99 Å². The molecule has 0 aliphatic carbocycles. The van der Waals surface area contributed by atoms with Crippen molar-refractivity contribution in [3.8, 4) is 0 Å². The van der Waals surface area contributed by atoms with Crippen LogP contribution in [0, 0.1) is 6.92 Å². The van der Waals surface area contributed by atoms with E-state index in [-0.39, 0.29) is 0 Å². The van der Waals surface area contributed by atoms with Crippen LogP contribution >= 0.6 is 34.8 Å². The Bertz CT molecular complexity index is 333. The Morgan fingerprint density at radius 1 is 1.38 bits per heavy atom. The molecule has 2 nitrogen and oxygen atoms in total. The van der Waals surface area contributed by atoms with Gasteiger partial charge in [-0.15, -0.1) is 0 Å². The van der Waals surface area contributed by atoms with E-state index >= 15 is 0 Å². The molecule has 0 atom stereocenters. The number of aliphatic imine (C=N–C) groups is 1. The predicted molar refractivity (Wildman–Crippen MR) is 84.7 cm³/mol. The molecule has 0 radical (unpaired) electrons. The van der Waals surface area contributed by atoms with E-state index in [1.807, 2.05) is 4.93 Å². The van der Waals surface area contributed by atoms with Crippen molar-refractivity contribution in [3.63, 3.8) is 0 Å². The van der Waals surface area contributed by atoms with E-state index in [4.69, 9.17) is 18.0 Å². The van der Waals surface area contributed by atoms with Crippen LogP contribution in [0.4, 0.5) is 0 Å². The van der Waals surface area contributed by atoms with Gasteiger partial charge in [0, 0.05) is 6.42 Å². The van der Waals surface area contributed by atoms with Gasteiger partial charge in [-0.1, -0.05) is 64.6 Å². The summed E-state index contributed by atoms with van der Waals surface area (Å²) >= 11 is 7.15. The molecule has 0 saturated carbocycles. The van der Waals surface area contributed by atoms with E-state index < -0.39 is 0 Å². The summed E-state index contributed by atoms with van der Waals surface area (Å²) < 4.78 is 0. The minimum absolute atomic E-state index is 0.660. The predicted octanol–water partition coefficient (Wildman–Crippen LogP) is 3.29. The van der Waals surface area contributed by atoms with Crippen LogP contribution in [0.25, 0.3) is 0 Å². The van der Waals surface area contributed by atoms with E-state index in [2.05, 4.69) is 58.8 Å². The Balaban J connectivity index is 0.00000106. The van der Waals surface area contributed by atoms with Crippen LogP contribution in [0.15, 0.2) is 29.3 Å². The van der Waals surface area contributed by atoms with Gasteiger partial charge < -0.3 is 5.73 Å². The number of hydrogen-bond donors (Lipinski definition) is 1. The van der Waals surface area contributed by atoms with Crippen molar-refractivity contribution in [2.75, 3.05) is 4.93 Å². The first-order valence-corrected chi connectivity index (χ1v) is 7.49. The standard InChI is InChI=1S/C11H14N2S.CH3I/c1-9-2-4-10(5-3-9)6-7-11(14)13-8-12;1-2/h2-5,8H,6-7H2,1H3,(H2,12,13,14);1H3. The summed E-state index contributed by atoms with van der Waals surface area (Å²) in [6, 6.07) is 8.43. The molecule has 16 heavy (non-hydrogen) atoms. The van der Waals surface area contributed by atoms with Gasteiger partial charge in [-0.3, -0.25) is 0 Å². The number of nitrogens with zero attached hydrogens (tertiary/aromatic N) is 1. The molecule has 0 fully saturated rings. The van der Waals surface area contributed by atoms with Gasteiger partial charge in [-0.2, -0.15) is 0 Å². The molecular weight excluding hydrogens is 331 g/mol. The topological polar surface area (TPSA) is 38.4 Å². The second kappa shape index (κ2) is 9.72. The molecule has 1 aromatic rings. The first kappa shape index (κ1) is 15.5. The summed E-state index contributed by atoms with van der Waals surface area (Å²) in [6.07, 6.45) is 2.96. The minimum Gasteiger partial charge on any atom is -0.390 e.